The summed E-state index contributed by atoms with van der Waals surface area (Å²) >= 11 is 5.91. The van der Waals surface area contributed by atoms with Gasteiger partial charge in [0.1, 0.15) is 12.6 Å². The number of anilines is 3. The van der Waals surface area contributed by atoms with Crippen LogP contribution in [-0.2, 0) is 9.59 Å². The first-order valence-corrected chi connectivity index (χ1v) is 10.7. The molecule has 31 heavy (non-hydrogen) atoms. The molecule has 1 fully saturated rings. The van der Waals surface area contributed by atoms with Crippen LogP contribution in [0.25, 0.3) is 0 Å². The van der Waals surface area contributed by atoms with Gasteiger partial charge >= 0.3 is 0 Å². The predicted molar refractivity (Wildman–Crippen MR) is 122 cm³/mol. The maximum absolute atomic E-state index is 13.4. The molecule has 3 amide bonds. The number of halogens is 1. The van der Waals surface area contributed by atoms with Gasteiger partial charge in [-0.15, -0.1) is 0 Å². The molecule has 0 bridgehead atoms. The summed E-state index contributed by atoms with van der Waals surface area (Å²) in [6.07, 6.45) is 2.74. The number of nitrogens with one attached hydrogen (secondary N) is 1. The van der Waals surface area contributed by atoms with Gasteiger partial charge in [0.2, 0.25) is 11.8 Å². The van der Waals surface area contributed by atoms with Gasteiger partial charge in [0.05, 0.1) is 11.4 Å². The van der Waals surface area contributed by atoms with Gasteiger partial charge < -0.3 is 15.1 Å². The molecule has 2 heterocycles. The molecule has 1 N–H and O–H groups in total. The molecule has 4 rings (SSSR count). The van der Waals surface area contributed by atoms with Crippen LogP contribution in [0.1, 0.15) is 29.6 Å². The minimum absolute atomic E-state index is 0.104. The number of fused-ring (bicyclic) bond motifs is 3. The second kappa shape index (κ2) is 8.59. The van der Waals surface area contributed by atoms with E-state index in [1.54, 1.807) is 50.5 Å². The molecule has 0 radical (unpaired) electrons. The van der Waals surface area contributed by atoms with Crippen molar-refractivity contribution < 1.29 is 14.4 Å². The van der Waals surface area contributed by atoms with Crippen LogP contribution in [-0.4, -0.2) is 55.8 Å². The van der Waals surface area contributed by atoms with Crippen LogP contribution in [0.4, 0.5) is 17.1 Å². The van der Waals surface area contributed by atoms with Crippen LogP contribution in [0.2, 0.25) is 5.02 Å². The molecule has 0 saturated carbocycles. The van der Waals surface area contributed by atoms with Gasteiger partial charge in [0.25, 0.3) is 5.91 Å². The maximum atomic E-state index is 13.4. The third kappa shape index (κ3) is 4.23. The monoisotopic (exact) mass is 440 g/mol. The van der Waals surface area contributed by atoms with Crippen molar-refractivity contribution in [1.82, 2.24) is 4.90 Å². The average molecular weight is 441 g/mol. The van der Waals surface area contributed by atoms with Gasteiger partial charge in [0.15, 0.2) is 0 Å². The lowest BCUT2D eigenvalue weighted by atomic mass is 9.95. The summed E-state index contributed by atoms with van der Waals surface area (Å²) in [6.45, 7) is 0.660. The summed E-state index contributed by atoms with van der Waals surface area (Å²) < 4.78 is 0. The Hall–Kier alpha value is -3.06. The van der Waals surface area contributed by atoms with Crippen LogP contribution in [0.5, 0.6) is 0 Å². The van der Waals surface area contributed by atoms with Crippen LogP contribution < -0.4 is 15.1 Å². The zero-order chi connectivity index (χ0) is 22.1. The van der Waals surface area contributed by atoms with E-state index < -0.39 is 0 Å². The van der Waals surface area contributed by atoms with Crippen molar-refractivity contribution in [2.75, 3.05) is 42.3 Å². The number of carbonyl (C=O) groups excluding carboxylic acids is 3. The highest BCUT2D eigenvalue weighted by molar-refractivity contribution is 6.30. The lowest BCUT2D eigenvalue weighted by Crippen LogP contribution is -2.56. The number of amides is 3. The van der Waals surface area contributed by atoms with E-state index in [0.29, 0.717) is 22.0 Å². The van der Waals surface area contributed by atoms with Gasteiger partial charge in [-0.2, -0.15) is 0 Å². The zero-order valence-electron chi connectivity index (χ0n) is 17.6. The Morgan fingerprint density at radius 1 is 1.10 bits per heavy atom. The van der Waals surface area contributed by atoms with Crippen molar-refractivity contribution in [2.45, 2.75) is 25.3 Å². The standard InChI is InChI=1S/C23H25ClN4O3/c1-26(2)22(30)15-6-11-18-20(13-15)28(23(31)19-5-3-4-12-27(18)19)14-21(29)25-17-9-7-16(24)8-10-17/h6-11,13,19H,3-5,12,14H2,1-2H3,(H,25,29). The van der Waals surface area contributed by atoms with Crippen LogP contribution in [0.15, 0.2) is 42.5 Å². The summed E-state index contributed by atoms with van der Waals surface area (Å²) in [5.74, 6) is -0.565. The van der Waals surface area contributed by atoms with E-state index in [9.17, 15) is 14.4 Å². The molecular formula is C23H25ClN4O3. The third-order valence-electron chi connectivity index (χ3n) is 5.71. The molecule has 8 heteroatoms. The Labute approximate surface area is 186 Å². The van der Waals surface area contributed by atoms with Gasteiger partial charge in [-0.25, -0.2) is 0 Å². The largest absolute Gasteiger partial charge is 0.358 e. The molecule has 162 valence electrons. The molecule has 2 aromatic carbocycles. The van der Waals surface area contributed by atoms with Crippen molar-refractivity contribution in [3.05, 3.63) is 53.1 Å². The van der Waals surface area contributed by atoms with Gasteiger partial charge in [-0.3, -0.25) is 19.3 Å². The van der Waals surface area contributed by atoms with Gasteiger partial charge in [-0.05, 0) is 61.7 Å². The second-order valence-corrected chi connectivity index (χ2v) is 8.52. The Bertz CT molecular complexity index is 1020. The van der Waals surface area contributed by atoms with E-state index in [1.165, 1.54) is 9.80 Å². The first-order chi connectivity index (χ1) is 14.8. The van der Waals surface area contributed by atoms with Gasteiger partial charge in [-0.1, -0.05) is 11.6 Å². The number of rotatable bonds is 4. The fraction of sp³-hybridized carbons (Fsp3) is 0.348. The van der Waals surface area contributed by atoms with Gasteiger partial charge in [0, 0.05) is 36.9 Å². The number of hydrogen-bond donors (Lipinski definition) is 1. The molecule has 1 saturated heterocycles. The molecule has 0 aliphatic carbocycles. The van der Waals surface area contributed by atoms with E-state index in [4.69, 9.17) is 11.6 Å². The molecule has 0 aromatic heterocycles. The van der Waals surface area contributed by atoms with E-state index in [2.05, 4.69) is 10.2 Å². The number of hydrogen-bond acceptors (Lipinski definition) is 4. The van der Waals surface area contributed by atoms with Crippen LogP contribution in [0, 0.1) is 0 Å². The SMILES string of the molecule is CN(C)C(=O)c1ccc2c(c1)N(CC(=O)Nc1ccc(Cl)cc1)C(=O)C1CCCCN21. The minimum atomic E-state index is -0.310. The summed E-state index contributed by atoms with van der Waals surface area (Å²) in [5, 5.41) is 3.39. The molecule has 2 aliphatic heterocycles. The first kappa shape index (κ1) is 21.2. The quantitative estimate of drug-likeness (QED) is 0.791. The van der Waals surface area contributed by atoms with Crippen molar-refractivity contribution in [3.8, 4) is 0 Å². The highest BCUT2D eigenvalue weighted by Gasteiger charge is 2.40. The number of piperidine rings is 1. The third-order valence-corrected chi connectivity index (χ3v) is 5.96. The molecule has 1 unspecified atom stereocenters. The summed E-state index contributed by atoms with van der Waals surface area (Å²) in [4.78, 5) is 43.8. The Kier molecular flexibility index (Phi) is 5.87. The Balaban J connectivity index is 1.66. The molecule has 2 aromatic rings. The Morgan fingerprint density at radius 3 is 2.55 bits per heavy atom. The van der Waals surface area contributed by atoms with E-state index in [-0.39, 0.29) is 30.3 Å². The van der Waals surface area contributed by atoms with Crippen LogP contribution in [0.3, 0.4) is 0 Å². The second-order valence-electron chi connectivity index (χ2n) is 8.09. The number of nitrogens with zero attached hydrogens (tertiary/aromatic N) is 3. The van der Waals surface area contributed by atoms with Crippen molar-refractivity contribution in [2.24, 2.45) is 0 Å². The minimum Gasteiger partial charge on any atom is -0.358 e. The highest BCUT2D eigenvalue weighted by Crippen LogP contribution is 2.40. The zero-order valence-corrected chi connectivity index (χ0v) is 18.4. The van der Waals surface area contributed by atoms with Crippen LogP contribution >= 0.6 is 11.6 Å². The summed E-state index contributed by atoms with van der Waals surface area (Å²) in [7, 11) is 3.37. The smallest absolute Gasteiger partial charge is 0.253 e. The normalized spacial score (nSPS) is 17.6. The average Bonchev–Trinajstić information content (AvgIpc) is 2.77. The first-order valence-electron chi connectivity index (χ1n) is 10.3. The van der Waals surface area contributed by atoms with E-state index in [0.717, 1.165) is 31.5 Å². The van der Waals surface area contributed by atoms with Crippen molar-refractivity contribution in [3.63, 3.8) is 0 Å². The fourth-order valence-electron chi connectivity index (χ4n) is 4.19. The lowest BCUT2D eigenvalue weighted by molar-refractivity contribution is -0.123. The predicted octanol–water partition coefficient (Wildman–Crippen LogP) is 3.39. The van der Waals surface area contributed by atoms with E-state index >= 15 is 0 Å². The van der Waals surface area contributed by atoms with E-state index in [1.807, 2.05) is 6.07 Å². The summed E-state index contributed by atoms with van der Waals surface area (Å²) in [6, 6.07) is 11.9. The maximum Gasteiger partial charge on any atom is 0.253 e. The molecule has 1 atom stereocenters. The highest BCUT2D eigenvalue weighted by atomic mass is 35.5. The summed E-state index contributed by atoms with van der Waals surface area (Å²) in [5.41, 5.74) is 2.58. The Morgan fingerprint density at radius 2 is 1.84 bits per heavy atom. The number of carbonyl (C=O) groups is 3. The number of benzene rings is 2. The van der Waals surface area contributed by atoms with Crippen molar-refractivity contribution in [1.29, 1.82) is 0 Å². The topological polar surface area (TPSA) is 73.0 Å². The lowest BCUT2D eigenvalue weighted by Gasteiger charge is -2.45. The molecule has 2 aliphatic rings. The molecule has 0 spiro atoms. The molecular weight excluding hydrogens is 416 g/mol. The fourth-order valence-corrected chi connectivity index (χ4v) is 4.32. The van der Waals surface area contributed by atoms with Crippen molar-refractivity contribution >= 4 is 46.4 Å². The molecule has 7 nitrogen and oxygen atoms in total.